The van der Waals surface area contributed by atoms with Crippen molar-refractivity contribution in [3.8, 4) is 0 Å². The number of aliphatic hydroxyl groups excluding tert-OH is 1. The third-order valence-electron chi connectivity index (χ3n) is 8.14. The predicted octanol–water partition coefficient (Wildman–Crippen LogP) is 5.67. The first-order valence-electron chi connectivity index (χ1n) is 16.1. The Morgan fingerprint density at radius 1 is 0.795 bits per heavy atom. The predicted molar refractivity (Wildman–Crippen MR) is 165 cm³/mol. The molecule has 39 heavy (non-hydrogen) atoms. The molecule has 0 spiro atoms. The minimum atomic E-state index is -0.384. The van der Waals surface area contributed by atoms with Crippen LogP contribution in [0.15, 0.2) is 9.59 Å². The molecule has 0 radical (unpaired) electrons. The van der Waals surface area contributed by atoms with E-state index in [2.05, 4.69) is 22.1 Å². The Balaban J connectivity index is 1.37. The van der Waals surface area contributed by atoms with Gasteiger partial charge in [-0.25, -0.2) is 4.79 Å². The normalized spacial score (nSPS) is 13.8. The lowest BCUT2D eigenvalue weighted by Gasteiger charge is -2.20. The number of nitrogens with zero attached hydrogens (tertiary/aromatic N) is 3. The number of aromatic nitrogens is 2. The quantitative estimate of drug-likeness (QED) is 0.144. The van der Waals surface area contributed by atoms with E-state index in [1.807, 2.05) is 11.9 Å². The van der Waals surface area contributed by atoms with Crippen molar-refractivity contribution in [3.63, 3.8) is 0 Å². The molecule has 1 unspecified atom stereocenters. The molecule has 1 atom stereocenters. The van der Waals surface area contributed by atoms with E-state index < -0.39 is 0 Å². The second-order valence-electron chi connectivity index (χ2n) is 11.8. The Hall–Kier alpha value is -1.80. The maximum absolute atomic E-state index is 12.2. The van der Waals surface area contributed by atoms with Crippen LogP contribution in [0.2, 0.25) is 0 Å². The highest BCUT2D eigenvalue weighted by Crippen LogP contribution is 2.29. The molecule has 2 rings (SSSR count). The fraction of sp³-hybridized carbons (Fsp3) is 0.871. The van der Waals surface area contributed by atoms with Crippen molar-refractivity contribution >= 4 is 11.5 Å². The van der Waals surface area contributed by atoms with Gasteiger partial charge in [-0.2, -0.15) is 0 Å². The Morgan fingerprint density at radius 2 is 1.33 bits per heavy atom. The van der Waals surface area contributed by atoms with Crippen LogP contribution in [0.4, 0.5) is 11.5 Å². The number of H-pyrrole nitrogens is 1. The number of unbranched alkanes of at least 4 members (excludes halogenated alkanes) is 16. The van der Waals surface area contributed by atoms with Crippen molar-refractivity contribution < 1.29 is 5.11 Å². The molecule has 0 aromatic carbocycles. The van der Waals surface area contributed by atoms with Crippen molar-refractivity contribution in [2.24, 2.45) is 7.05 Å². The number of aliphatic hydroxyl groups is 1. The summed E-state index contributed by atoms with van der Waals surface area (Å²) in [6, 6.07) is 0. The van der Waals surface area contributed by atoms with Gasteiger partial charge >= 0.3 is 5.69 Å². The van der Waals surface area contributed by atoms with E-state index in [1.165, 1.54) is 107 Å². The van der Waals surface area contributed by atoms with Crippen LogP contribution >= 0.6 is 0 Å². The summed E-state index contributed by atoms with van der Waals surface area (Å²) >= 11 is 0. The second-order valence-corrected chi connectivity index (χ2v) is 11.8. The van der Waals surface area contributed by atoms with Gasteiger partial charge in [-0.15, -0.1) is 0 Å². The minimum Gasteiger partial charge on any atom is -0.392 e. The number of anilines is 2. The Bertz CT molecular complexity index is 884. The van der Waals surface area contributed by atoms with E-state index in [0.29, 0.717) is 24.7 Å². The molecule has 8 nitrogen and oxygen atoms in total. The van der Waals surface area contributed by atoms with Crippen molar-refractivity contribution in [2.45, 2.75) is 135 Å². The zero-order valence-electron chi connectivity index (χ0n) is 25.4. The van der Waals surface area contributed by atoms with Crippen LogP contribution in [0.25, 0.3) is 0 Å². The topological polar surface area (TPSA) is 93.6 Å². The van der Waals surface area contributed by atoms with Gasteiger partial charge in [-0.3, -0.25) is 14.3 Å². The van der Waals surface area contributed by atoms with Gasteiger partial charge < -0.3 is 20.2 Å². The second kappa shape index (κ2) is 20.1. The zero-order valence-corrected chi connectivity index (χ0v) is 25.4. The number of hydrogen-bond donors (Lipinski definition) is 3. The molecule has 1 aromatic heterocycles. The largest absolute Gasteiger partial charge is 0.392 e. The summed E-state index contributed by atoms with van der Waals surface area (Å²) < 4.78 is 1.51. The van der Waals surface area contributed by atoms with E-state index in [-0.39, 0.29) is 17.4 Å². The third-order valence-corrected chi connectivity index (χ3v) is 8.14. The lowest BCUT2D eigenvalue weighted by atomic mass is 10.0. The number of hydrogen-bond acceptors (Lipinski definition) is 6. The molecule has 0 saturated carbocycles. The first-order chi connectivity index (χ1) is 19.0. The standard InChI is InChI=1S/C31H59N5O3/c1-4-5-6-7-8-9-10-11-12-13-14-15-16-17-18-20-23-32-25-27(37)22-19-21-24-36-26-34(2)28-29(38)33-31(39)35(3)30(28)36/h27,32,37H,4-26H2,1-3H3,(H,33,38,39). The van der Waals surface area contributed by atoms with E-state index in [9.17, 15) is 14.7 Å². The molecule has 1 aromatic rings. The third kappa shape index (κ3) is 12.9. The molecule has 3 N–H and O–H groups in total. The molecule has 0 bridgehead atoms. The highest BCUT2D eigenvalue weighted by molar-refractivity contribution is 5.71. The lowest BCUT2D eigenvalue weighted by molar-refractivity contribution is 0.158. The van der Waals surface area contributed by atoms with Gasteiger partial charge in [0.25, 0.3) is 5.56 Å². The average Bonchev–Trinajstić information content (AvgIpc) is 3.25. The first-order valence-corrected chi connectivity index (χ1v) is 16.1. The van der Waals surface area contributed by atoms with Crippen molar-refractivity contribution in [3.05, 3.63) is 20.8 Å². The summed E-state index contributed by atoms with van der Waals surface area (Å²) in [5.74, 6) is 0.687. The smallest absolute Gasteiger partial charge is 0.329 e. The van der Waals surface area contributed by atoms with Crippen molar-refractivity contribution in [1.29, 1.82) is 0 Å². The van der Waals surface area contributed by atoms with Gasteiger partial charge in [-0.05, 0) is 32.2 Å². The highest BCUT2D eigenvalue weighted by Gasteiger charge is 2.29. The maximum atomic E-state index is 12.2. The van der Waals surface area contributed by atoms with Crippen LogP contribution in [-0.4, -0.2) is 54.1 Å². The van der Waals surface area contributed by atoms with Gasteiger partial charge in [0.2, 0.25) is 0 Å². The van der Waals surface area contributed by atoms with Crippen LogP contribution in [0, 0.1) is 0 Å². The van der Waals surface area contributed by atoms with Crippen LogP contribution in [0.1, 0.15) is 129 Å². The van der Waals surface area contributed by atoms with Crippen LogP contribution in [-0.2, 0) is 7.05 Å². The Kier molecular flexibility index (Phi) is 17.2. The summed E-state index contributed by atoms with van der Waals surface area (Å²) in [4.78, 5) is 30.5. The Labute approximate surface area is 237 Å². The maximum Gasteiger partial charge on any atom is 0.329 e. The Morgan fingerprint density at radius 3 is 1.90 bits per heavy atom. The molecular formula is C31H59N5O3. The van der Waals surface area contributed by atoms with Crippen LogP contribution in [0.3, 0.4) is 0 Å². The molecule has 0 fully saturated rings. The minimum absolute atomic E-state index is 0.327. The molecule has 8 heteroatoms. The molecule has 1 aliphatic heterocycles. The molecule has 1 aliphatic rings. The molecule has 0 aliphatic carbocycles. The summed E-state index contributed by atoms with van der Waals surface area (Å²) in [5.41, 5.74) is -0.163. The molecule has 0 saturated heterocycles. The fourth-order valence-electron chi connectivity index (χ4n) is 5.72. The van der Waals surface area contributed by atoms with Crippen LogP contribution < -0.4 is 26.4 Å². The number of aromatic amines is 1. The van der Waals surface area contributed by atoms with Gasteiger partial charge in [0, 0.05) is 27.2 Å². The summed E-state index contributed by atoms with van der Waals surface area (Å²) in [6.07, 6.45) is 24.4. The van der Waals surface area contributed by atoms with E-state index >= 15 is 0 Å². The van der Waals surface area contributed by atoms with Gasteiger partial charge in [0.1, 0.15) is 11.5 Å². The van der Waals surface area contributed by atoms with Gasteiger partial charge in [0.05, 0.1) is 12.8 Å². The van der Waals surface area contributed by atoms with Crippen molar-refractivity contribution in [2.75, 3.05) is 43.2 Å². The molecular weight excluding hydrogens is 490 g/mol. The fourth-order valence-corrected chi connectivity index (χ4v) is 5.72. The monoisotopic (exact) mass is 549 g/mol. The van der Waals surface area contributed by atoms with E-state index in [0.717, 1.165) is 32.4 Å². The lowest BCUT2D eigenvalue weighted by Crippen LogP contribution is -2.33. The summed E-state index contributed by atoms with van der Waals surface area (Å²) in [5, 5.41) is 13.7. The van der Waals surface area contributed by atoms with E-state index in [1.54, 1.807) is 7.05 Å². The summed E-state index contributed by atoms with van der Waals surface area (Å²) in [6.45, 7) is 5.27. The summed E-state index contributed by atoms with van der Waals surface area (Å²) in [7, 11) is 3.56. The number of rotatable bonds is 24. The van der Waals surface area contributed by atoms with Gasteiger partial charge in [-0.1, -0.05) is 103 Å². The molecule has 0 amide bonds. The zero-order chi connectivity index (χ0) is 28.3. The van der Waals surface area contributed by atoms with Crippen molar-refractivity contribution in [1.82, 2.24) is 14.9 Å². The molecule has 2 heterocycles. The number of nitrogens with one attached hydrogen (secondary N) is 2. The van der Waals surface area contributed by atoms with Crippen LogP contribution in [0.5, 0.6) is 0 Å². The van der Waals surface area contributed by atoms with Gasteiger partial charge in [0.15, 0.2) is 0 Å². The SMILES string of the molecule is CCCCCCCCCCCCCCCCCCNCC(O)CCCCN1CN(C)c2c1n(C)c(=O)[nH]c2=O. The first kappa shape index (κ1) is 33.4. The average molecular weight is 550 g/mol. The molecule has 226 valence electrons. The highest BCUT2D eigenvalue weighted by atomic mass is 16.3. The van der Waals surface area contributed by atoms with E-state index in [4.69, 9.17) is 0 Å². The number of fused-ring (bicyclic) bond motifs is 1.